The van der Waals surface area contributed by atoms with Crippen molar-refractivity contribution in [2.45, 2.75) is 38.0 Å². The summed E-state index contributed by atoms with van der Waals surface area (Å²) in [6, 6.07) is 0. The van der Waals surface area contributed by atoms with E-state index in [4.69, 9.17) is 10.5 Å². The summed E-state index contributed by atoms with van der Waals surface area (Å²) in [5, 5.41) is 6.59. The van der Waals surface area contributed by atoms with E-state index in [1.807, 2.05) is 0 Å². The number of H-pyrrole nitrogens is 1. The molecule has 1 fully saturated rings. The monoisotopic (exact) mass is 223 g/mol. The lowest BCUT2D eigenvalue weighted by Crippen LogP contribution is -2.12. The van der Waals surface area contributed by atoms with Gasteiger partial charge >= 0.3 is 5.97 Å². The van der Waals surface area contributed by atoms with Crippen molar-refractivity contribution in [3.63, 3.8) is 0 Å². The molecule has 0 saturated heterocycles. The molecule has 5 nitrogen and oxygen atoms in total. The average molecular weight is 223 g/mol. The van der Waals surface area contributed by atoms with Crippen molar-refractivity contribution in [3.8, 4) is 0 Å². The minimum absolute atomic E-state index is 0.349. The van der Waals surface area contributed by atoms with Crippen molar-refractivity contribution in [3.05, 3.63) is 11.3 Å². The van der Waals surface area contributed by atoms with E-state index in [0.29, 0.717) is 17.4 Å². The lowest BCUT2D eigenvalue weighted by atomic mass is 9.84. The number of methoxy groups -OCH3 is 1. The van der Waals surface area contributed by atoms with Crippen molar-refractivity contribution in [1.29, 1.82) is 0 Å². The second-order valence-electron chi connectivity index (χ2n) is 4.22. The number of rotatable bonds is 2. The Balaban J connectivity index is 2.30. The first-order chi connectivity index (χ1) is 7.74. The Hall–Kier alpha value is -1.52. The third-order valence-electron chi connectivity index (χ3n) is 3.24. The SMILES string of the molecule is COC(=O)c1[nH]nc(N)c1C1CCCCC1. The molecule has 0 radical (unpaired) electrons. The number of nitrogens with two attached hydrogens (primary N) is 1. The maximum atomic E-state index is 11.5. The summed E-state index contributed by atoms with van der Waals surface area (Å²) in [6.07, 6.45) is 5.80. The van der Waals surface area contributed by atoms with E-state index >= 15 is 0 Å². The van der Waals surface area contributed by atoms with Crippen molar-refractivity contribution >= 4 is 11.8 Å². The van der Waals surface area contributed by atoms with Crippen LogP contribution in [0.15, 0.2) is 0 Å². The summed E-state index contributed by atoms with van der Waals surface area (Å²) in [5.41, 5.74) is 7.09. The minimum atomic E-state index is -0.384. The number of hydrogen-bond donors (Lipinski definition) is 2. The van der Waals surface area contributed by atoms with Crippen molar-refractivity contribution in [2.24, 2.45) is 0 Å². The van der Waals surface area contributed by atoms with Crippen molar-refractivity contribution in [1.82, 2.24) is 10.2 Å². The number of nitrogens with zero attached hydrogens (tertiary/aromatic N) is 1. The summed E-state index contributed by atoms with van der Waals surface area (Å²) < 4.78 is 4.72. The highest BCUT2D eigenvalue weighted by Crippen LogP contribution is 2.36. The van der Waals surface area contributed by atoms with Gasteiger partial charge in [0.1, 0.15) is 11.5 Å². The molecule has 0 spiro atoms. The molecule has 0 atom stereocenters. The van der Waals surface area contributed by atoms with Crippen LogP contribution in [0.5, 0.6) is 0 Å². The zero-order valence-electron chi connectivity index (χ0n) is 9.45. The molecule has 1 aliphatic carbocycles. The van der Waals surface area contributed by atoms with Gasteiger partial charge in [0.15, 0.2) is 0 Å². The van der Waals surface area contributed by atoms with Crippen LogP contribution < -0.4 is 5.73 Å². The summed E-state index contributed by atoms with van der Waals surface area (Å²) in [4.78, 5) is 11.5. The Morgan fingerprint density at radius 1 is 1.44 bits per heavy atom. The van der Waals surface area contributed by atoms with E-state index in [9.17, 15) is 4.79 Å². The molecule has 2 rings (SSSR count). The van der Waals surface area contributed by atoms with Gasteiger partial charge in [0.2, 0.25) is 0 Å². The molecule has 1 saturated carbocycles. The van der Waals surface area contributed by atoms with E-state index in [1.54, 1.807) is 0 Å². The van der Waals surface area contributed by atoms with Crippen LogP contribution in [-0.2, 0) is 4.74 Å². The maximum Gasteiger partial charge on any atom is 0.356 e. The number of ether oxygens (including phenoxy) is 1. The van der Waals surface area contributed by atoms with Gasteiger partial charge in [-0.05, 0) is 18.8 Å². The largest absolute Gasteiger partial charge is 0.464 e. The van der Waals surface area contributed by atoms with Gasteiger partial charge in [-0.25, -0.2) is 4.79 Å². The van der Waals surface area contributed by atoms with E-state index in [2.05, 4.69) is 10.2 Å². The molecule has 1 aromatic heterocycles. The van der Waals surface area contributed by atoms with E-state index in [1.165, 1.54) is 26.4 Å². The van der Waals surface area contributed by atoms with Crippen LogP contribution in [0, 0.1) is 0 Å². The fraction of sp³-hybridized carbons (Fsp3) is 0.636. The lowest BCUT2D eigenvalue weighted by molar-refractivity contribution is 0.0592. The second-order valence-corrected chi connectivity index (χ2v) is 4.22. The van der Waals surface area contributed by atoms with Crippen LogP contribution in [0.4, 0.5) is 5.82 Å². The normalized spacial score (nSPS) is 17.3. The van der Waals surface area contributed by atoms with Crippen LogP contribution in [-0.4, -0.2) is 23.3 Å². The Morgan fingerprint density at radius 2 is 2.12 bits per heavy atom. The van der Waals surface area contributed by atoms with Gasteiger partial charge in [0, 0.05) is 5.56 Å². The van der Waals surface area contributed by atoms with Gasteiger partial charge in [-0.3, -0.25) is 5.10 Å². The van der Waals surface area contributed by atoms with Gasteiger partial charge in [-0.15, -0.1) is 0 Å². The van der Waals surface area contributed by atoms with Crippen LogP contribution >= 0.6 is 0 Å². The molecule has 1 aliphatic rings. The van der Waals surface area contributed by atoms with E-state index in [-0.39, 0.29) is 5.97 Å². The first-order valence-corrected chi connectivity index (χ1v) is 5.66. The topological polar surface area (TPSA) is 81.0 Å². The number of aromatic amines is 1. The number of nitrogen functional groups attached to an aromatic ring is 1. The highest BCUT2D eigenvalue weighted by atomic mass is 16.5. The Labute approximate surface area is 94.4 Å². The molecule has 0 aliphatic heterocycles. The first kappa shape index (κ1) is 11.0. The van der Waals surface area contributed by atoms with Gasteiger partial charge < -0.3 is 10.5 Å². The minimum Gasteiger partial charge on any atom is -0.464 e. The van der Waals surface area contributed by atoms with Crippen LogP contribution in [0.3, 0.4) is 0 Å². The Bertz CT molecular complexity index is 381. The average Bonchev–Trinajstić information content (AvgIpc) is 2.71. The molecule has 1 heterocycles. The molecule has 1 aromatic rings. The molecule has 5 heteroatoms. The highest BCUT2D eigenvalue weighted by Gasteiger charge is 2.26. The summed E-state index contributed by atoms with van der Waals surface area (Å²) in [7, 11) is 1.37. The number of hydrogen-bond acceptors (Lipinski definition) is 4. The Morgan fingerprint density at radius 3 is 2.75 bits per heavy atom. The molecule has 3 N–H and O–H groups in total. The van der Waals surface area contributed by atoms with Crippen LogP contribution in [0.25, 0.3) is 0 Å². The van der Waals surface area contributed by atoms with E-state index < -0.39 is 0 Å². The van der Waals surface area contributed by atoms with E-state index in [0.717, 1.165) is 18.4 Å². The highest BCUT2D eigenvalue weighted by molar-refractivity contribution is 5.90. The van der Waals surface area contributed by atoms with Crippen molar-refractivity contribution < 1.29 is 9.53 Å². The Kier molecular flexibility index (Phi) is 3.12. The molecule has 88 valence electrons. The second kappa shape index (κ2) is 4.55. The zero-order chi connectivity index (χ0) is 11.5. The maximum absolute atomic E-state index is 11.5. The lowest BCUT2D eigenvalue weighted by Gasteiger charge is -2.21. The molecule has 0 unspecified atom stereocenters. The third-order valence-corrected chi connectivity index (χ3v) is 3.24. The third kappa shape index (κ3) is 1.89. The molecule has 0 aromatic carbocycles. The predicted octanol–water partition coefficient (Wildman–Crippen LogP) is 1.83. The predicted molar refractivity (Wildman–Crippen MR) is 60.2 cm³/mol. The molecule has 0 bridgehead atoms. The smallest absolute Gasteiger partial charge is 0.356 e. The van der Waals surface area contributed by atoms with Crippen LogP contribution in [0.2, 0.25) is 0 Å². The number of nitrogens with one attached hydrogen (secondary N) is 1. The van der Waals surface area contributed by atoms with Crippen molar-refractivity contribution in [2.75, 3.05) is 12.8 Å². The number of aromatic nitrogens is 2. The van der Waals surface area contributed by atoms with Gasteiger partial charge in [-0.2, -0.15) is 5.10 Å². The summed E-state index contributed by atoms with van der Waals surface area (Å²) in [5.74, 6) is 0.402. The van der Waals surface area contributed by atoms with Gasteiger partial charge in [0.25, 0.3) is 0 Å². The van der Waals surface area contributed by atoms with Crippen LogP contribution in [0.1, 0.15) is 54.1 Å². The summed E-state index contributed by atoms with van der Waals surface area (Å²) >= 11 is 0. The first-order valence-electron chi connectivity index (χ1n) is 5.66. The number of esters is 1. The summed E-state index contributed by atoms with van der Waals surface area (Å²) in [6.45, 7) is 0. The fourth-order valence-corrected chi connectivity index (χ4v) is 2.43. The zero-order valence-corrected chi connectivity index (χ0v) is 9.45. The van der Waals surface area contributed by atoms with Gasteiger partial charge in [0.05, 0.1) is 7.11 Å². The number of carbonyl (C=O) groups is 1. The standard InChI is InChI=1S/C11H17N3O2/c1-16-11(15)9-8(10(12)14-13-9)7-5-3-2-4-6-7/h7H,2-6H2,1H3,(H3,12,13,14). The fourth-order valence-electron chi connectivity index (χ4n) is 2.43. The quantitative estimate of drug-likeness (QED) is 0.749. The number of carbonyl (C=O) groups excluding carboxylic acids is 1. The molecule has 16 heavy (non-hydrogen) atoms. The molecular weight excluding hydrogens is 206 g/mol. The molecular formula is C11H17N3O2. The number of anilines is 1. The van der Waals surface area contributed by atoms with Gasteiger partial charge in [-0.1, -0.05) is 19.3 Å². The molecule has 0 amide bonds.